The van der Waals surface area contributed by atoms with E-state index in [9.17, 15) is 4.79 Å². The van der Waals surface area contributed by atoms with Crippen LogP contribution in [0.1, 0.15) is 24.8 Å². The lowest BCUT2D eigenvalue weighted by Gasteiger charge is -2.27. The first-order valence-electron chi connectivity index (χ1n) is 8.51. The summed E-state index contributed by atoms with van der Waals surface area (Å²) in [5.74, 6) is 0.912. The molecule has 27 heavy (non-hydrogen) atoms. The van der Waals surface area contributed by atoms with E-state index in [4.69, 9.17) is 4.74 Å². The SMILES string of the molecule is CCOc1ccccc1NC(=O)C1=C(C)Nc2nnnn2C1c1cccs1. The summed E-state index contributed by atoms with van der Waals surface area (Å²) in [5, 5.41) is 19.9. The Morgan fingerprint density at radius 1 is 1.33 bits per heavy atom. The van der Waals surface area contributed by atoms with E-state index < -0.39 is 6.04 Å². The number of para-hydroxylation sites is 2. The molecule has 0 fully saturated rings. The van der Waals surface area contributed by atoms with Crippen LogP contribution in [0.3, 0.4) is 0 Å². The van der Waals surface area contributed by atoms with E-state index >= 15 is 0 Å². The van der Waals surface area contributed by atoms with Gasteiger partial charge in [0, 0.05) is 10.6 Å². The highest BCUT2D eigenvalue weighted by atomic mass is 32.1. The molecule has 3 heterocycles. The van der Waals surface area contributed by atoms with Gasteiger partial charge in [-0.15, -0.1) is 11.3 Å². The van der Waals surface area contributed by atoms with E-state index in [2.05, 4.69) is 26.2 Å². The van der Waals surface area contributed by atoms with Crippen LogP contribution in [-0.2, 0) is 4.79 Å². The number of hydrogen-bond acceptors (Lipinski definition) is 7. The summed E-state index contributed by atoms with van der Waals surface area (Å²) in [6, 6.07) is 10.9. The van der Waals surface area contributed by atoms with Gasteiger partial charge in [-0.05, 0) is 47.9 Å². The molecule has 1 aliphatic heterocycles. The van der Waals surface area contributed by atoms with Crippen molar-refractivity contribution in [2.75, 3.05) is 17.2 Å². The van der Waals surface area contributed by atoms with Crippen LogP contribution < -0.4 is 15.4 Å². The number of aromatic nitrogens is 4. The number of benzene rings is 1. The van der Waals surface area contributed by atoms with E-state index in [0.29, 0.717) is 35.3 Å². The number of hydrogen-bond donors (Lipinski definition) is 2. The second kappa shape index (κ2) is 7.20. The minimum atomic E-state index is -0.393. The quantitative estimate of drug-likeness (QED) is 0.704. The minimum absolute atomic E-state index is 0.230. The Morgan fingerprint density at radius 2 is 2.19 bits per heavy atom. The normalized spacial score (nSPS) is 15.9. The average molecular weight is 382 g/mol. The number of allylic oxidation sites excluding steroid dienone is 1. The highest BCUT2D eigenvalue weighted by Gasteiger charge is 2.34. The highest BCUT2D eigenvalue weighted by molar-refractivity contribution is 7.10. The van der Waals surface area contributed by atoms with Crippen molar-refractivity contribution >= 4 is 28.9 Å². The molecule has 1 aromatic carbocycles. The van der Waals surface area contributed by atoms with Crippen LogP contribution in [0, 0.1) is 0 Å². The lowest BCUT2D eigenvalue weighted by molar-refractivity contribution is -0.113. The third-order valence-corrected chi connectivity index (χ3v) is 5.13. The van der Waals surface area contributed by atoms with E-state index in [1.165, 1.54) is 0 Å². The Bertz CT molecular complexity index is 995. The van der Waals surface area contributed by atoms with Crippen LogP contribution in [0.4, 0.5) is 11.6 Å². The molecule has 8 nitrogen and oxygen atoms in total. The summed E-state index contributed by atoms with van der Waals surface area (Å²) in [6.45, 7) is 4.27. The topological polar surface area (TPSA) is 94.0 Å². The standard InChI is InChI=1S/C18H18N6O2S/c1-3-26-13-8-5-4-7-12(13)20-17(25)15-11(2)19-18-21-22-23-24(18)16(15)14-9-6-10-27-14/h4-10,16H,3H2,1-2H3,(H,20,25)(H,19,21,23). The lowest BCUT2D eigenvalue weighted by Crippen LogP contribution is -2.31. The first kappa shape index (κ1) is 17.2. The van der Waals surface area contributed by atoms with Crippen molar-refractivity contribution < 1.29 is 9.53 Å². The molecule has 3 aromatic rings. The first-order valence-corrected chi connectivity index (χ1v) is 9.39. The first-order chi connectivity index (χ1) is 13.2. The predicted molar refractivity (Wildman–Crippen MR) is 103 cm³/mol. The summed E-state index contributed by atoms with van der Waals surface area (Å²) < 4.78 is 7.24. The van der Waals surface area contributed by atoms with Crippen LogP contribution in [0.2, 0.25) is 0 Å². The molecule has 0 spiro atoms. The Hall–Kier alpha value is -3.20. The maximum absolute atomic E-state index is 13.2. The van der Waals surface area contributed by atoms with Crippen molar-refractivity contribution in [3.05, 3.63) is 57.9 Å². The highest BCUT2D eigenvalue weighted by Crippen LogP contribution is 2.37. The zero-order chi connectivity index (χ0) is 18.8. The monoisotopic (exact) mass is 382 g/mol. The number of fused-ring (bicyclic) bond motifs is 1. The molecule has 1 aliphatic rings. The van der Waals surface area contributed by atoms with Gasteiger partial charge in [-0.3, -0.25) is 4.79 Å². The molecule has 138 valence electrons. The number of rotatable bonds is 5. The fourth-order valence-corrected chi connectivity index (χ4v) is 3.88. The maximum atomic E-state index is 13.2. The molecule has 1 amide bonds. The van der Waals surface area contributed by atoms with Gasteiger partial charge in [0.1, 0.15) is 11.8 Å². The van der Waals surface area contributed by atoms with E-state index in [0.717, 1.165) is 4.88 Å². The van der Waals surface area contributed by atoms with Gasteiger partial charge in [-0.1, -0.05) is 23.3 Å². The van der Waals surface area contributed by atoms with Crippen molar-refractivity contribution in [1.29, 1.82) is 0 Å². The zero-order valence-corrected chi connectivity index (χ0v) is 15.7. The zero-order valence-electron chi connectivity index (χ0n) is 14.8. The second-order valence-corrected chi connectivity index (χ2v) is 6.89. The summed E-state index contributed by atoms with van der Waals surface area (Å²) in [5.41, 5.74) is 1.89. The molecule has 0 saturated heterocycles. The number of carbonyl (C=O) groups is 1. The molecule has 1 atom stereocenters. The van der Waals surface area contributed by atoms with E-state index in [-0.39, 0.29) is 5.91 Å². The predicted octanol–water partition coefficient (Wildman–Crippen LogP) is 3.06. The minimum Gasteiger partial charge on any atom is -0.492 e. The number of thiophene rings is 1. The molecular formula is C18H18N6O2S. The Kier molecular flexibility index (Phi) is 4.59. The molecule has 0 aliphatic carbocycles. The van der Waals surface area contributed by atoms with Gasteiger partial charge in [0.25, 0.3) is 5.91 Å². The van der Waals surface area contributed by atoms with E-state index in [1.54, 1.807) is 16.0 Å². The molecule has 4 rings (SSSR count). The third-order valence-electron chi connectivity index (χ3n) is 4.21. The number of tetrazole rings is 1. The van der Waals surface area contributed by atoms with Crippen LogP contribution in [0.5, 0.6) is 5.75 Å². The smallest absolute Gasteiger partial charge is 0.256 e. The molecule has 2 aromatic heterocycles. The van der Waals surface area contributed by atoms with Crippen LogP contribution in [0.15, 0.2) is 53.0 Å². The molecule has 0 bridgehead atoms. The van der Waals surface area contributed by atoms with Crippen LogP contribution in [-0.4, -0.2) is 32.7 Å². The molecule has 0 saturated carbocycles. The fourth-order valence-electron chi connectivity index (χ4n) is 3.06. The third kappa shape index (κ3) is 3.17. The average Bonchev–Trinajstić information content (AvgIpc) is 3.33. The number of nitrogens with one attached hydrogen (secondary N) is 2. The second-order valence-electron chi connectivity index (χ2n) is 5.91. The number of nitrogens with zero attached hydrogens (tertiary/aromatic N) is 4. The van der Waals surface area contributed by atoms with Crippen LogP contribution >= 0.6 is 11.3 Å². The largest absolute Gasteiger partial charge is 0.492 e. The van der Waals surface area contributed by atoms with Gasteiger partial charge >= 0.3 is 0 Å². The van der Waals surface area contributed by atoms with Gasteiger partial charge in [0.05, 0.1) is 17.9 Å². The lowest BCUT2D eigenvalue weighted by atomic mass is 10.0. The fraction of sp³-hybridized carbons (Fsp3) is 0.222. The van der Waals surface area contributed by atoms with Gasteiger partial charge in [0.15, 0.2) is 0 Å². The number of amides is 1. The van der Waals surface area contributed by atoms with Gasteiger partial charge in [0.2, 0.25) is 5.95 Å². The number of carbonyl (C=O) groups excluding carboxylic acids is 1. The van der Waals surface area contributed by atoms with Crippen molar-refractivity contribution in [3.8, 4) is 5.75 Å². The summed E-state index contributed by atoms with van der Waals surface area (Å²) >= 11 is 1.55. The Balaban J connectivity index is 1.72. The molecule has 9 heteroatoms. The molecule has 1 unspecified atom stereocenters. The van der Waals surface area contributed by atoms with Gasteiger partial charge < -0.3 is 15.4 Å². The molecule has 2 N–H and O–H groups in total. The maximum Gasteiger partial charge on any atom is 0.256 e. The van der Waals surface area contributed by atoms with Gasteiger partial charge in [-0.2, -0.15) is 4.68 Å². The Labute approximate surface area is 159 Å². The van der Waals surface area contributed by atoms with Crippen LogP contribution in [0.25, 0.3) is 0 Å². The Morgan fingerprint density at radius 3 is 2.96 bits per heavy atom. The summed E-state index contributed by atoms with van der Waals surface area (Å²) in [6.07, 6.45) is 0. The molecular weight excluding hydrogens is 364 g/mol. The van der Waals surface area contributed by atoms with Gasteiger partial charge in [-0.25, -0.2) is 0 Å². The van der Waals surface area contributed by atoms with Crippen molar-refractivity contribution in [1.82, 2.24) is 20.2 Å². The van der Waals surface area contributed by atoms with Crippen molar-refractivity contribution in [3.63, 3.8) is 0 Å². The van der Waals surface area contributed by atoms with E-state index in [1.807, 2.05) is 55.6 Å². The van der Waals surface area contributed by atoms with Crippen molar-refractivity contribution in [2.45, 2.75) is 19.9 Å². The molecule has 0 radical (unpaired) electrons. The number of ether oxygens (including phenoxy) is 1. The summed E-state index contributed by atoms with van der Waals surface area (Å²) in [7, 11) is 0. The van der Waals surface area contributed by atoms with Crippen molar-refractivity contribution in [2.24, 2.45) is 0 Å². The summed E-state index contributed by atoms with van der Waals surface area (Å²) in [4.78, 5) is 14.2. The number of anilines is 2.